The largest absolute Gasteiger partial charge is 0.329 e. The molecule has 14 heavy (non-hydrogen) atoms. The van der Waals surface area contributed by atoms with Gasteiger partial charge in [0.1, 0.15) is 0 Å². The average Bonchev–Trinajstić information content (AvgIpc) is 2.19. The van der Waals surface area contributed by atoms with Gasteiger partial charge in [-0.3, -0.25) is 4.90 Å². The van der Waals surface area contributed by atoms with Gasteiger partial charge in [-0.1, -0.05) is 6.42 Å². The van der Waals surface area contributed by atoms with Gasteiger partial charge in [0.2, 0.25) is 0 Å². The lowest BCUT2D eigenvalue weighted by Gasteiger charge is -2.41. The normalized spacial score (nSPS) is 30.2. The van der Waals surface area contributed by atoms with E-state index >= 15 is 0 Å². The predicted molar refractivity (Wildman–Crippen MR) is 59.3 cm³/mol. The first-order valence-electron chi connectivity index (χ1n) is 6.06. The molecule has 0 spiro atoms. The molecule has 3 nitrogen and oxygen atoms in total. The second-order valence-electron chi connectivity index (χ2n) is 4.62. The van der Waals surface area contributed by atoms with Crippen LogP contribution in [0, 0.1) is 0 Å². The second-order valence-corrected chi connectivity index (χ2v) is 4.62. The third-order valence-electron chi connectivity index (χ3n) is 3.69. The van der Waals surface area contributed by atoms with Crippen molar-refractivity contribution >= 4 is 0 Å². The fraction of sp³-hybridized carbons (Fsp3) is 1.00. The summed E-state index contributed by atoms with van der Waals surface area (Å²) in [7, 11) is 0. The van der Waals surface area contributed by atoms with Crippen LogP contribution in [0.25, 0.3) is 0 Å². The van der Waals surface area contributed by atoms with Gasteiger partial charge >= 0.3 is 0 Å². The third kappa shape index (κ3) is 2.47. The van der Waals surface area contributed by atoms with Crippen molar-refractivity contribution in [2.24, 2.45) is 5.73 Å². The van der Waals surface area contributed by atoms with E-state index in [4.69, 9.17) is 5.73 Å². The number of hydrogen-bond donors (Lipinski definition) is 1. The Kier molecular flexibility index (Phi) is 3.79. The summed E-state index contributed by atoms with van der Waals surface area (Å²) in [6.07, 6.45) is 5.56. The van der Waals surface area contributed by atoms with Gasteiger partial charge < -0.3 is 10.6 Å². The molecule has 0 aromatic rings. The highest BCUT2D eigenvalue weighted by Gasteiger charge is 2.26. The van der Waals surface area contributed by atoms with Gasteiger partial charge in [0.05, 0.1) is 0 Å². The maximum atomic E-state index is 5.68. The van der Waals surface area contributed by atoms with E-state index in [1.54, 1.807) is 0 Å². The van der Waals surface area contributed by atoms with E-state index in [9.17, 15) is 0 Å². The van der Waals surface area contributed by atoms with Crippen LogP contribution in [0.2, 0.25) is 0 Å². The molecule has 2 N–H and O–H groups in total. The standard InChI is InChI=1S/C11H23N3/c12-10-11-4-7-14(11)9-8-13-5-2-1-3-6-13/h11H,1-10,12H2. The molecule has 0 radical (unpaired) electrons. The van der Waals surface area contributed by atoms with E-state index in [2.05, 4.69) is 9.80 Å². The molecule has 2 aliphatic rings. The first-order chi connectivity index (χ1) is 6.90. The van der Waals surface area contributed by atoms with E-state index in [1.165, 1.54) is 58.4 Å². The minimum Gasteiger partial charge on any atom is -0.329 e. The number of piperidine rings is 1. The van der Waals surface area contributed by atoms with Gasteiger partial charge in [0.15, 0.2) is 0 Å². The summed E-state index contributed by atoms with van der Waals surface area (Å²) in [6.45, 7) is 7.26. The highest BCUT2D eigenvalue weighted by atomic mass is 15.2. The Morgan fingerprint density at radius 3 is 2.36 bits per heavy atom. The van der Waals surface area contributed by atoms with Gasteiger partial charge in [-0.15, -0.1) is 0 Å². The molecule has 0 aromatic carbocycles. The number of nitrogens with zero attached hydrogens (tertiary/aromatic N) is 2. The van der Waals surface area contributed by atoms with E-state index in [0.29, 0.717) is 6.04 Å². The van der Waals surface area contributed by atoms with Crippen molar-refractivity contribution in [1.29, 1.82) is 0 Å². The first-order valence-corrected chi connectivity index (χ1v) is 6.06. The van der Waals surface area contributed by atoms with E-state index < -0.39 is 0 Å². The van der Waals surface area contributed by atoms with Crippen LogP contribution < -0.4 is 5.73 Å². The quantitative estimate of drug-likeness (QED) is 0.712. The molecule has 0 aromatic heterocycles. The molecule has 2 fully saturated rings. The molecule has 82 valence electrons. The number of hydrogen-bond acceptors (Lipinski definition) is 3. The van der Waals surface area contributed by atoms with Crippen LogP contribution in [-0.2, 0) is 0 Å². The summed E-state index contributed by atoms with van der Waals surface area (Å²) in [5, 5.41) is 0. The van der Waals surface area contributed by atoms with Crippen molar-refractivity contribution in [2.45, 2.75) is 31.7 Å². The van der Waals surface area contributed by atoms with Gasteiger partial charge in [-0.25, -0.2) is 0 Å². The Morgan fingerprint density at radius 2 is 1.79 bits per heavy atom. The van der Waals surface area contributed by atoms with Crippen molar-refractivity contribution in [3.8, 4) is 0 Å². The summed E-state index contributed by atoms with van der Waals surface area (Å²) >= 11 is 0. The Hall–Kier alpha value is -0.120. The molecular weight excluding hydrogens is 174 g/mol. The van der Waals surface area contributed by atoms with Crippen LogP contribution >= 0.6 is 0 Å². The smallest absolute Gasteiger partial charge is 0.0231 e. The lowest BCUT2D eigenvalue weighted by Crippen LogP contribution is -2.54. The fourth-order valence-electron chi connectivity index (χ4n) is 2.51. The molecule has 0 amide bonds. The van der Waals surface area contributed by atoms with Crippen LogP contribution in [-0.4, -0.2) is 55.1 Å². The molecule has 2 saturated heterocycles. The Morgan fingerprint density at radius 1 is 1.00 bits per heavy atom. The first kappa shape index (κ1) is 10.4. The summed E-state index contributed by atoms with van der Waals surface area (Å²) in [4.78, 5) is 5.14. The molecule has 1 unspecified atom stereocenters. The van der Waals surface area contributed by atoms with Gasteiger partial charge in [-0.2, -0.15) is 0 Å². The van der Waals surface area contributed by atoms with E-state index in [0.717, 1.165) is 6.54 Å². The second kappa shape index (κ2) is 5.10. The van der Waals surface area contributed by atoms with Crippen LogP contribution in [0.4, 0.5) is 0 Å². The zero-order valence-corrected chi connectivity index (χ0v) is 9.12. The van der Waals surface area contributed by atoms with E-state index in [-0.39, 0.29) is 0 Å². The molecule has 0 saturated carbocycles. The van der Waals surface area contributed by atoms with Crippen molar-refractivity contribution in [1.82, 2.24) is 9.80 Å². The van der Waals surface area contributed by atoms with Crippen molar-refractivity contribution < 1.29 is 0 Å². The molecule has 0 bridgehead atoms. The lowest BCUT2D eigenvalue weighted by atomic mass is 10.0. The Bertz CT molecular complexity index is 162. The van der Waals surface area contributed by atoms with Crippen molar-refractivity contribution in [3.63, 3.8) is 0 Å². The molecule has 2 heterocycles. The van der Waals surface area contributed by atoms with Crippen LogP contribution in [0.3, 0.4) is 0 Å². The van der Waals surface area contributed by atoms with Crippen molar-refractivity contribution in [3.05, 3.63) is 0 Å². The lowest BCUT2D eigenvalue weighted by molar-refractivity contribution is 0.0772. The third-order valence-corrected chi connectivity index (χ3v) is 3.69. The minimum absolute atomic E-state index is 0.694. The SMILES string of the molecule is NCC1CCN1CCN1CCCCC1. The maximum Gasteiger partial charge on any atom is 0.0231 e. The number of rotatable bonds is 4. The van der Waals surface area contributed by atoms with Crippen LogP contribution in [0.5, 0.6) is 0 Å². The summed E-state index contributed by atoms with van der Waals surface area (Å²) in [6, 6.07) is 0.694. The highest BCUT2D eigenvalue weighted by Crippen LogP contribution is 2.16. The van der Waals surface area contributed by atoms with Crippen LogP contribution in [0.15, 0.2) is 0 Å². The molecular formula is C11H23N3. The summed E-state index contributed by atoms with van der Waals surface area (Å²) in [5.41, 5.74) is 5.68. The topological polar surface area (TPSA) is 32.5 Å². The summed E-state index contributed by atoms with van der Waals surface area (Å²) < 4.78 is 0. The number of likely N-dealkylation sites (tertiary alicyclic amines) is 2. The van der Waals surface area contributed by atoms with Gasteiger partial charge in [0.25, 0.3) is 0 Å². The molecule has 2 rings (SSSR count). The summed E-state index contributed by atoms with van der Waals surface area (Å²) in [5.74, 6) is 0. The Labute approximate surface area is 87.2 Å². The zero-order chi connectivity index (χ0) is 9.80. The minimum atomic E-state index is 0.694. The predicted octanol–water partition coefficient (Wildman–Crippen LogP) is 0.505. The number of nitrogens with two attached hydrogens (primary N) is 1. The van der Waals surface area contributed by atoms with E-state index in [1.807, 2.05) is 0 Å². The maximum absolute atomic E-state index is 5.68. The fourth-order valence-corrected chi connectivity index (χ4v) is 2.51. The molecule has 0 aliphatic carbocycles. The van der Waals surface area contributed by atoms with Crippen molar-refractivity contribution in [2.75, 3.05) is 39.3 Å². The average molecular weight is 197 g/mol. The van der Waals surface area contributed by atoms with Gasteiger partial charge in [-0.05, 0) is 32.4 Å². The molecule has 1 atom stereocenters. The highest BCUT2D eigenvalue weighted by molar-refractivity contribution is 4.83. The monoisotopic (exact) mass is 197 g/mol. The van der Waals surface area contributed by atoms with Crippen LogP contribution in [0.1, 0.15) is 25.7 Å². The molecule has 2 aliphatic heterocycles. The molecule has 3 heteroatoms. The zero-order valence-electron chi connectivity index (χ0n) is 9.12. The Balaban J connectivity index is 1.61. The van der Waals surface area contributed by atoms with Gasteiger partial charge in [0, 0.05) is 32.2 Å².